The van der Waals surface area contributed by atoms with Crippen molar-refractivity contribution in [3.8, 4) is 11.4 Å². The molecule has 6 heteroatoms. The largest absolute Gasteiger partial charge is 0.346 e. The quantitative estimate of drug-likeness (QED) is 0.726. The number of rotatable bonds is 3. The summed E-state index contributed by atoms with van der Waals surface area (Å²) in [6, 6.07) is 1.95. The molecule has 1 N–H and O–H groups in total. The predicted octanol–water partition coefficient (Wildman–Crippen LogP) is 2.10. The monoisotopic (exact) mass is 254 g/mol. The summed E-state index contributed by atoms with van der Waals surface area (Å²) in [7, 11) is 0. The van der Waals surface area contributed by atoms with Crippen molar-refractivity contribution in [1.82, 2.24) is 29.9 Å². The molecule has 0 fully saturated rings. The first-order chi connectivity index (χ1) is 9.16. The van der Waals surface area contributed by atoms with Gasteiger partial charge < -0.3 is 4.98 Å². The van der Waals surface area contributed by atoms with Crippen LogP contribution in [0.3, 0.4) is 0 Å². The van der Waals surface area contributed by atoms with E-state index in [0.717, 1.165) is 33.7 Å². The Labute approximate surface area is 110 Å². The maximum Gasteiger partial charge on any atom is 0.141 e. The zero-order valence-corrected chi connectivity index (χ0v) is 10.9. The van der Waals surface area contributed by atoms with Crippen LogP contribution in [0.25, 0.3) is 22.4 Å². The summed E-state index contributed by atoms with van der Waals surface area (Å²) in [5, 5.41) is 9.35. The lowest BCUT2D eigenvalue weighted by atomic mass is 10.2. The molecule has 19 heavy (non-hydrogen) atoms. The van der Waals surface area contributed by atoms with Gasteiger partial charge in [0.1, 0.15) is 23.4 Å². The molecule has 96 valence electrons. The molecule has 0 unspecified atom stereocenters. The Morgan fingerprint density at radius 3 is 3.00 bits per heavy atom. The summed E-state index contributed by atoms with van der Waals surface area (Å²) in [6.07, 6.45) is 3.38. The third-order valence-electron chi connectivity index (χ3n) is 2.98. The summed E-state index contributed by atoms with van der Waals surface area (Å²) < 4.78 is 1.83. The maximum absolute atomic E-state index is 4.33. The van der Waals surface area contributed by atoms with E-state index in [1.54, 1.807) is 0 Å². The minimum atomic E-state index is 0.667. The van der Waals surface area contributed by atoms with Crippen molar-refractivity contribution in [3.63, 3.8) is 0 Å². The third kappa shape index (κ3) is 1.91. The summed E-state index contributed by atoms with van der Waals surface area (Å²) in [6.45, 7) is 8.52. The van der Waals surface area contributed by atoms with Crippen molar-refractivity contribution >= 4 is 11.0 Å². The second kappa shape index (κ2) is 4.31. The van der Waals surface area contributed by atoms with Gasteiger partial charge in [-0.3, -0.25) is 0 Å². The molecule has 3 rings (SSSR count). The van der Waals surface area contributed by atoms with Crippen LogP contribution >= 0.6 is 0 Å². The molecule has 3 aromatic rings. The molecule has 0 saturated heterocycles. The van der Waals surface area contributed by atoms with E-state index < -0.39 is 0 Å². The molecule has 3 aromatic heterocycles. The van der Waals surface area contributed by atoms with E-state index in [9.17, 15) is 0 Å². The van der Waals surface area contributed by atoms with Crippen molar-refractivity contribution < 1.29 is 0 Å². The van der Waals surface area contributed by atoms with Crippen LogP contribution in [0.2, 0.25) is 0 Å². The molecule has 0 saturated carbocycles. The van der Waals surface area contributed by atoms with Crippen LogP contribution < -0.4 is 0 Å². The lowest BCUT2D eigenvalue weighted by Gasteiger charge is -2.03. The van der Waals surface area contributed by atoms with Gasteiger partial charge in [0.15, 0.2) is 0 Å². The highest BCUT2D eigenvalue weighted by atomic mass is 15.4. The number of fused-ring (bicyclic) bond motifs is 1. The first-order valence-corrected chi connectivity index (χ1v) is 5.99. The summed E-state index contributed by atoms with van der Waals surface area (Å²) >= 11 is 0. The van der Waals surface area contributed by atoms with Crippen molar-refractivity contribution in [2.24, 2.45) is 0 Å². The average Bonchev–Trinajstić information content (AvgIpc) is 2.97. The highest BCUT2D eigenvalue weighted by Gasteiger charge is 2.15. The number of aromatic nitrogens is 6. The minimum absolute atomic E-state index is 0.667. The van der Waals surface area contributed by atoms with E-state index in [2.05, 4.69) is 31.8 Å². The van der Waals surface area contributed by atoms with Gasteiger partial charge in [0.25, 0.3) is 0 Å². The Hall–Kier alpha value is -2.50. The average molecular weight is 254 g/mol. The summed E-state index contributed by atoms with van der Waals surface area (Å²) in [4.78, 5) is 11.6. The van der Waals surface area contributed by atoms with Crippen LogP contribution in [-0.4, -0.2) is 29.9 Å². The maximum atomic E-state index is 4.33. The fraction of sp³-hybridized carbons (Fsp3) is 0.231. The molecular weight excluding hydrogens is 240 g/mol. The zero-order chi connectivity index (χ0) is 13.4. The van der Waals surface area contributed by atoms with Gasteiger partial charge in [-0.1, -0.05) is 17.4 Å². The van der Waals surface area contributed by atoms with E-state index in [4.69, 9.17) is 0 Å². The lowest BCUT2D eigenvalue weighted by molar-refractivity contribution is 0.627. The fourth-order valence-corrected chi connectivity index (χ4v) is 2.05. The van der Waals surface area contributed by atoms with Crippen LogP contribution in [0.5, 0.6) is 0 Å². The molecule has 0 aromatic carbocycles. The highest BCUT2D eigenvalue weighted by Crippen LogP contribution is 2.25. The molecule has 0 bridgehead atoms. The SMILES string of the molecule is C=C(C)Cn1nnc(-c2ncnc3[nH]ccc23)c1C. The van der Waals surface area contributed by atoms with Gasteiger partial charge in [-0.25, -0.2) is 14.6 Å². The topological polar surface area (TPSA) is 72.3 Å². The Morgan fingerprint density at radius 2 is 2.21 bits per heavy atom. The second-order valence-corrected chi connectivity index (χ2v) is 4.60. The third-order valence-corrected chi connectivity index (χ3v) is 2.98. The van der Waals surface area contributed by atoms with Gasteiger partial charge in [-0.15, -0.1) is 5.10 Å². The van der Waals surface area contributed by atoms with Gasteiger partial charge in [0, 0.05) is 11.6 Å². The highest BCUT2D eigenvalue weighted by molar-refractivity contribution is 5.89. The summed E-state index contributed by atoms with van der Waals surface area (Å²) in [5.41, 5.74) is 4.40. The van der Waals surface area contributed by atoms with Gasteiger partial charge in [-0.05, 0) is 19.9 Å². The number of nitrogens with zero attached hydrogens (tertiary/aromatic N) is 5. The predicted molar refractivity (Wildman–Crippen MR) is 72.5 cm³/mol. The summed E-state index contributed by atoms with van der Waals surface area (Å²) in [5.74, 6) is 0. The van der Waals surface area contributed by atoms with Crippen LogP contribution in [0.1, 0.15) is 12.6 Å². The smallest absolute Gasteiger partial charge is 0.141 e. The molecule has 0 aliphatic rings. The van der Waals surface area contributed by atoms with E-state index >= 15 is 0 Å². The number of hydrogen-bond acceptors (Lipinski definition) is 4. The van der Waals surface area contributed by atoms with Gasteiger partial charge in [0.05, 0.1) is 12.2 Å². The second-order valence-electron chi connectivity index (χ2n) is 4.60. The lowest BCUT2D eigenvalue weighted by Crippen LogP contribution is -2.03. The molecule has 0 aliphatic carbocycles. The van der Waals surface area contributed by atoms with E-state index in [1.165, 1.54) is 6.33 Å². The number of allylic oxidation sites excluding steroid dienone is 1. The molecule has 0 aliphatic heterocycles. The number of H-pyrrole nitrogens is 1. The standard InChI is InChI=1S/C13H14N6/c1-8(2)6-19-9(3)11(17-18-19)12-10-4-5-14-13(10)16-7-15-12/h4-5,7H,1,6H2,2-3H3,(H,14,15,16). The first kappa shape index (κ1) is 11.6. The molecular formula is C13H14N6. The first-order valence-electron chi connectivity index (χ1n) is 5.99. The van der Waals surface area contributed by atoms with Gasteiger partial charge >= 0.3 is 0 Å². The molecule has 3 heterocycles. The number of nitrogens with one attached hydrogen (secondary N) is 1. The Morgan fingerprint density at radius 1 is 1.37 bits per heavy atom. The fourth-order valence-electron chi connectivity index (χ4n) is 2.05. The van der Waals surface area contributed by atoms with Crippen LogP contribution in [-0.2, 0) is 6.54 Å². The van der Waals surface area contributed by atoms with Crippen molar-refractivity contribution in [3.05, 3.63) is 36.4 Å². The molecule has 0 spiro atoms. The van der Waals surface area contributed by atoms with Crippen molar-refractivity contribution in [2.75, 3.05) is 0 Å². The zero-order valence-electron chi connectivity index (χ0n) is 10.9. The molecule has 0 amide bonds. The number of aromatic amines is 1. The Kier molecular flexibility index (Phi) is 2.63. The molecule has 0 radical (unpaired) electrons. The van der Waals surface area contributed by atoms with Crippen LogP contribution in [0.4, 0.5) is 0 Å². The Bertz CT molecular complexity index is 751. The molecule has 0 atom stereocenters. The number of hydrogen-bond donors (Lipinski definition) is 1. The Balaban J connectivity index is 2.14. The van der Waals surface area contributed by atoms with Crippen molar-refractivity contribution in [2.45, 2.75) is 20.4 Å². The minimum Gasteiger partial charge on any atom is -0.346 e. The molecule has 6 nitrogen and oxygen atoms in total. The van der Waals surface area contributed by atoms with Crippen molar-refractivity contribution in [1.29, 1.82) is 0 Å². The van der Waals surface area contributed by atoms with E-state index in [-0.39, 0.29) is 0 Å². The van der Waals surface area contributed by atoms with Gasteiger partial charge in [0.2, 0.25) is 0 Å². The van der Waals surface area contributed by atoms with Crippen LogP contribution in [0, 0.1) is 6.92 Å². The normalized spacial score (nSPS) is 11.1. The van der Waals surface area contributed by atoms with E-state index in [0.29, 0.717) is 6.54 Å². The van der Waals surface area contributed by atoms with E-state index in [1.807, 2.05) is 30.8 Å². The van der Waals surface area contributed by atoms with Gasteiger partial charge in [-0.2, -0.15) is 0 Å². The van der Waals surface area contributed by atoms with Crippen LogP contribution in [0.15, 0.2) is 30.7 Å².